The van der Waals surface area contributed by atoms with Crippen molar-refractivity contribution in [2.45, 2.75) is 64.3 Å². The van der Waals surface area contributed by atoms with Gasteiger partial charge in [-0.15, -0.1) is 0 Å². The first kappa shape index (κ1) is 11.0. The molecule has 0 aromatic heterocycles. The Kier molecular flexibility index (Phi) is 3.66. The van der Waals surface area contributed by atoms with Crippen LogP contribution in [0.4, 0.5) is 0 Å². The van der Waals surface area contributed by atoms with Gasteiger partial charge in [-0.05, 0) is 38.0 Å². The van der Waals surface area contributed by atoms with E-state index in [9.17, 15) is 0 Å². The molecule has 1 N–H and O–H groups in total. The van der Waals surface area contributed by atoms with E-state index >= 15 is 0 Å². The number of hydrogen-bond donors (Lipinski definition) is 1. The first-order valence-corrected chi connectivity index (χ1v) is 6.65. The average molecular weight is 208 g/mol. The molecule has 0 aromatic rings. The Labute approximate surface area is 93.6 Å². The van der Waals surface area contributed by atoms with Gasteiger partial charge in [0.25, 0.3) is 0 Å². The lowest BCUT2D eigenvalue weighted by Gasteiger charge is -2.35. The Morgan fingerprint density at radius 2 is 2.00 bits per heavy atom. The van der Waals surface area contributed by atoms with Gasteiger partial charge in [0.05, 0.1) is 5.84 Å². The third-order valence-corrected chi connectivity index (χ3v) is 4.11. The highest BCUT2D eigenvalue weighted by molar-refractivity contribution is 5.81. The van der Waals surface area contributed by atoms with E-state index in [0.29, 0.717) is 6.04 Å². The zero-order chi connectivity index (χ0) is 10.7. The minimum absolute atomic E-state index is 0.716. The molecule has 2 fully saturated rings. The van der Waals surface area contributed by atoms with Crippen molar-refractivity contribution in [3.63, 3.8) is 0 Å². The van der Waals surface area contributed by atoms with Crippen LogP contribution in [0.3, 0.4) is 0 Å². The highest BCUT2D eigenvalue weighted by atomic mass is 15.2. The lowest BCUT2D eigenvalue weighted by atomic mass is 9.83. The molecule has 1 saturated heterocycles. The number of nitrogens with one attached hydrogen (secondary N) is 1. The zero-order valence-corrected chi connectivity index (χ0v) is 9.97. The second-order valence-corrected chi connectivity index (χ2v) is 5.21. The molecule has 1 heterocycles. The zero-order valence-electron chi connectivity index (χ0n) is 9.97. The minimum atomic E-state index is 0.716. The highest BCUT2D eigenvalue weighted by Crippen LogP contribution is 2.32. The van der Waals surface area contributed by atoms with Gasteiger partial charge in [0.15, 0.2) is 0 Å². The summed E-state index contributed by atoms with van der Waals surface area (Å²) in [6, 6.07) is 0.716. The molecule has 0 amide bonds. The summed E-state index contributed by atoms with van der Waals surface area (Å²) in [6.45, 7) is 3.45. The average Bonchev–Trinajstić information content (AvgIpc) is 2.66. The lowest BCUT2D eigenvalue weighted by Crippen LogP contribution is -2.38. The van der Waals surface area contributed by atoms with Crippen molar-refractivity contribution >= 4 is 5.84 Å². The summed E-state index contributed by atoms with van der Waals surface area (Å²) in [7, 11) is 0. The molecule has 0 bridgehead atoms. The fourth-order valence-corrected chi connectivity index (χ4v) is 3.25. The van der Waals surface area contributed by atoms with Crippen molar-refractivity contribution in [3.8, 4) is 0 Å². The van der Waals surface area contributed by atoms with Gasteiger partial charge in [0.2, 0.25) is 0 Å². The van der Waals surface area contributed by atoms with Crippen molar-refractivity contribution in [1.82, 2.24) is 4.90 Å². The maximum absolute atomic E-state index is 7.90. The second-order valence-electron chi connectivity index (χ2n) is 5.21. The van der Waals surface area contributed by atoms with E-state index in [0.717, 1.165) is 24.7 Å². The Bertz CT molecular complexity index is 217. The number of amidine groups is 1. The third-order valence-electron chi connectivity index (χ3n) is 4.11. The summed E-state index contributed by atoms with van der Waals surface area (Å²) in [5, 5.41) is 7.90. The molecule has 0 aromatic carbocycles. The summed E-state index contributed by atoms with van der Waals surface area (Å²) < 4.78 is 0. The van der Waals surface area contributed by atoms with Gasteiger partial charge >= 0.3 is 0 Å². The Morgan fingerprint density at radius 1 is 1.27 bits per heavy atom. The predicted octanol–water partition coefficient (Wildman–Crippen LogP) is 3.42. The summed E-state index contributed by atoms with van der Waals surface area (Å²) in [4.78, 5) is 2.38. The van der Waals surface area contributed by atoms with Gasteiger partial charge in [-0.2, -0.15) is 0 Å². The highest BCUT2D eigenvalue weighted by Gasteiger charge is 2.29. The Balaban J connectivity index is 1.80. The molecule has 1 aliphatic heterocycles. The van der Waals surface area contributed by atoms with Crippen LogP contribution in [0.1, 0.15) is 58.3 Å². The van der Waals surface area contributed by atoms with E-state index in [1.165, 1.54) is 44.9 Å². The normalized spacial score (nSPS) is 32.3. The molecule has 0 spiro atoms. The van der Waals surface area contributed by atoms with Crippen LogP contribution in [-0.2, 0) is 0 Å². The van der Waals surface area contributed by atoms with Crippen molar-refractivity contribution in [2.24, 2.45) is 5.92 Å². The van der Waals surface area contributed by atoms with Crippen molar-refractivity contribution in [1.29, 1.82) is 5.41 Å². The Hall–Kier alpha value is -0.530. The SMILES string of the molecule is CCCC1CCC(N2CCCC2=N)CC1. The first-order valence-electron chi connectivity index (χ1n) is 6.65. The number of hydrogen-bond acceptors (Lipinski definition) is 1. The second kappa shape index (κ2) is 5.00. The molecule has 0 atom stereocenters. The Morgan fingerprint density at radius 3 is 2.53 bits per heavy atom. The standard InChI is InChI=1S/C13H24N2/c1-2-4-11-6-8-12(9-7-11)15-10-3-5-13(15)14/h11-12,14H,2-10H2,1H3. The maximum Gasteiger partial charge on any atom is 0.0960 e. The van der Waals surface area contributed by atoms with E-state index in [1.807, 2.05) is 0 Å². The third kappa shape index (κ3) is 2.53. The minimum Gasteiger partial charge on any atom is -0.358 e. The molecule has 1 aliphatic carbocycles. The van der Waals surface area contributed by atoms with Crippen LogP contribution in [0.25, 0.3) is 0 Å². The number of rotatable bonds is 3. The van der Waals surface area contributed by atoms with Crippen LogP contribution >= 0.6 is 0 Å². The van der Waals surface area contributed by atoms with Gasteiger partial charge < -0.3 is 4.90 Å². The largest absolute Gasteiger partial charge is 0.358 e. The van der Waals surface area contributed by atoms with E-state index in [1.54, 1.807) is 0 Å². The van der Waals surface area contributed by atoms with E-state index in [-0.39, 0.29) is 0 Å². The topological polar surface area (TPSA) is 27.1 Å². The number of nitrogens with zero attached hydrogens (tertiary/aromatic N) is 1. The summed E-state index contributed by atoms with van der Waals surface area (Å²) in [5.41, 5.74) is 0. The van der Waals surface area contributed by atoms with Crippen molar-refractivity contribution in [2.75, 3.05) is 6.54 Å². The molecule has 2 aliphatic rings. The fraction of sp³-hybridized carbons (Fsp3) is 0.923. The van der Waals surface area contributed by atoms with Gasteiger partial charge in [-0.3, -0.25) is 5.41 Å². The summed E-state index contributed by atoms with van der Waals surface area (Å²) in [5.74, 6) is 1.90. The lowest BCUT2D eigenvalue weighted by molar-refractivity contribution is 0.209. The molecule has 15 heavy (non-hydrogen) atoms. The van der Waals surface area contributed by atoms with Gasteiger partial charge in [0.1, 0.15) is 0 Å². The molecule has 1 saturated carbocycles. The number of likely N-dealkylation sites (tertiary alicyclic amines) is 1. The van der Waals surface area contributed by atoms with Crippen molar-refractivity contribution in [3.05, 3.63) is 0 Å². The molecule has 86 valence electrons. The van der Waals surface area contributed by atoms with Crippen LogP contribution in [0, 0.1) is 11.3 Å². The smallest absolute Gasteiger partial charge is 0.0960 e. The van der Waals surface area contributed by atoms with Crippen molar-refractivity contribution < 1.29 is 0 Å². The maximum atomic E-state index is 7.90. The molecular weight excluding hydrogens is 184 g/mol. The van der Waals surface area contributed by atoms with Crippen LogP contribution in [0.15, 0.2) is 0 Å². The van der Waals surface area contributed by atoms with Crippen LogP contribution in [0.5, 0.6) is 0 Å². The van der Waals surface area contributed by atoms with Crippen LogP contribution < -0.4 is 0 Å². The van der Waals surface area contributed by atoms with E-state index < -0.39 is 0 Å². The molecule has 2 rings (SSSR count). The molecule has 0 radical (unpaired) electrons. The molecular formula is C13H24N2. The predicted molar refractivity (Wildman–Crippen MR) is 64.3 cm³/mol. The molecule has 0 unspecified atom stereocenters. The van der Waals surface area contributed by atoms with E-state index in [2.05, 4.69) is 11.8 Å². The van der Waals surface area contributed by atoms with Gasteiger partial charge in [0, 0.05) is 19.0 Å². The summed E-state index contributed by atoms with van der Waals surface area (Å²) >= 11 is 0. The molecule has 2 nitrogen and oxygen atoms in total. The summed E-state index contributed by atoms with van der Waals surface area (Å²) in [6.07, 6.45) is 10.5. The van der Waals surface area contributed by atoms with Gasteiger partial charge in [-0.1, -0.05) is 19.8 Å². The van der Waals surface area contributed by atoms with Crippen LogP contribution in [-0.4, -0.2) is 23.3 Å². The van der Waals surface area contributed by atoms with Crippen LogP contribution in [0.2, 0.25) is 0 Å². The van der Waals surface area contributed by atoms with Gasteiger partial charge in [-0.25, -0.2) is 0 Å². The molecule has 2 heteroatoms. The first-order chi connectivity index (χ1) is 7.31. The fourth-order valence-electron chi connectivity index (χ4n) is 3.25. The monoisotopic (exact) mass is 208 g/mol. The quantitative estimate of drug-likeness (QED) is 0.756. The van der Waals surface area contributed by atoms with E-state index in [4.69, 9.17) is 5.41 Å².